The van der Waals surface area contributed by atoms with Crippen LogP contribution in [0.3, 0.4) is 0 Å². The molecule has 118 valence electrons. The molecule has 22 heavy (non-hydrogen) atoms. The molecule has 0 radical (unpaired) electrons. The van der Waals surface area contributed by atoms with Crippen molar-refractivity contribution in [1.29, 1.82) is 0 Å². The standard InChI is InChI=1S/C16H20O4P2/c17-21(14-12-16-9-5-2-6-10-16)20-22(18)19-13-11-15-7-3-1-4-8-15/h1-10,21-22H,11-14H2. The molecule has 0 aliphatic heterocycles. The predicted octanol–water partition coefficient (Wildman–Crippen LogP) is 4.37. The van der Waals surface area contributed by atoms with Crippen molar-refractivity contribution >= 4 is 16.3 Å². The van der Waals surface area contributed by atoms with Gasteiger partial charge < -0.3 is 4.52 Å². The van der Waals surface area contributed by atoms with E-state index in [0.717, 1.165) is 11.1 Å². The molecule has 2 aromatic rings. The minimum Gasteiger partial charge on any atom is -0.310 e. The summed E-state index contributed by atoms with van der Waals surface area (Å²) < 4.78 is 33.5. The molecule has 0 saturated carbocycles. The van der Waals surface area contributed by atoms with E-state index in [1.807, 2.05) is 60.7 Å². The summed E-state index contributed by atoms with van der Waals surface area (Å²) in [5, 5.41) is 0. The van der Waals surface area contributed by atoms with Gasteiger partial charge in [-0.05, 0) is 24.0 Å². The lowest BCUT2D eigenvalue weighted by molar-refractivity contribution is 0.292. The minimum atomic E-state index is -2.68. The summed E-state index contributed by atoms with van der Waals surface area (Å²) in [6.45, 7) is 0.301. The molecule has 0 fully saturated rings. The van der Waals surface area contributed by atoms with Crippen molar-refractivity contribution in [1.82, 2.24) is 0 Å². The predicted molar refractivity (Wildman–Crippen MR) is 90.2 cm³/mol. The van der Waals surface area contributed by atoms with E-state index in [4.69, 9.17) is 8.83 Å². The molecular formula is C16H20O4P2. The Morgan fingerprint density at radius 1 is 0.773 bits per heavy atom. The molecule has 0 amide bonds. The Morgan fingerprint density at radius 2 is 1.32 bits per heavy atom. The third kappa shape index (κ3) is 6.72. The van der Waals surface area contributed by atoms with Gasteiger partial charge in [0.15, 0.2) is 8.03 Å². The Bertz CT molecular complexity index is 602. The summed E-state index contributed by atoms with van der Waals surface area (Å²) in [5.41, 5.74) is 2.20. The summed E-state index contributed by atoms with van der Waals surface area (Å²) in [7, 11) is -5.00. The van der Waals surface area contributed by atoms with Crippen molar-refractivity contribution in [2.24, 2.45) is 0 Å². The molecule has 2 unspecified atom stereocenters. The van der Waals surface area contributed by atoms with Crippen LogP contribution in [0.15, 0.2) is 60.7 Å². The fourth-order valence-corrected chi connectivity index (χ4v) is 4.11. The maximum absolute atomic E-state index is 11.8. The lowest BCUT2D eigenvalue weighted by Crippen LogP contribution is -1.93. The van der Waals surface area contributed by atoms with Crippen LogP contribution in [0, 0.1) is 0 Å². The number of rotatable bonds is 9. The molecule has 0 bridgehead atoms. The van der Waals surface area contributed by atoms with E-state index in [9.17, 15) is 9.13 Å². The maximum atomic E-state index is 11.8. The highest BCUT2D eigenvalue weighted by molar-refractivity contribution is 7.50. The molecule has 0 N–H and O–H groups in total. The Hall–Kier alpha value is -1.18. The minimum absolute atomic E-state index is 0.301. The highest BCUT2D eigenvalue weighted by Crippen LogP contribution is 2.39. The van der Waals surface area contributed by atoms with Crippen LogP contribution in [0.5, 0.6) is 0 Å². The SMILES string of the molecule is O=[PH](CCc1ccccc1)O[PH](=O)OCCc1ccccc1. The molecule has 0 saturated heterocycles. The van der Waals surface area contributed by atoms with E-state index in [1.54, 1.807) is 0 Å². The van der Waals surface area contributed by atoms with Gasteiger partial charge in [-0.3, -0.25) is 13.4 Å². The third-order valence-corrected chi connectivity index (χ3v) is 5.79. The van der Waals surface area contributed by atoms with Crippen molar-refractivity contribution in [3.8, 4) is 0 Å². The fourth-order valence-electron chi connectivity index (χ4n) is 1.96. The van der Waals surface area contributed by atoms with Crippen LogP contribution in [0.25, 0.3) is 0 Å². The van der Waals surface area contributed by atoms with Gasteiger partial charge in [-0.2, -0.15) is 0 Å². The van der Waals surface area contributed by atoms with Crippen molar-refractivity contribution in [2.75, 3.05) is 12.8 Å². The van der Waals surface area contributed by atoms with Crippen LogP contribution in [0.1, 0.15) is 11.1 Å². The zero-order valence-electron chi connectivity index (χ0n) is 12.2. The first-order valence-electron chi connectivity index (χ1n) is 7.19. The zero-order valence-corrected chi connectivity index (χ0v) is 14.2. The van der Waals surface area contributed by atoms with Crippen LogP contribution in [0.2, 0.25) is 0 Å². The number of aryl methyl sites for hydroxylation is 1. The normalized spacial score (nSPS) is 13.6. The Kier molecular flexibility index (Phi) is 7.62. The highest BCUT2D eigenvalue weighted by atomic mass is 31.2. The first-order chi connectivity index (χ1) is 10.7. The second-order valence-electron chi connectivity index (χ2n) is 4.79. The molecule has 2 rings (SSSR count). The molecular weight excluding hydrogens is 318 g/mol. The lowest BCUT2D eigenvalue weighted by atomic mass is 10.2. The van der Waals surface area contributed by atoms with E-state index in [0.29, 0.717) is 25.6 Å². The topological polar surface area (TPSA) is 52.6 Å². The molecule has 0 spiro atoms. The van der Waals surface area contributed by atoms with Crippen LogP contribution >= 0.6 is 16.3 Å². The summed E-state index contributed by atoms with van der Waals surface area (Å²) in [5.74, 6) is 0. The van der Waals surface area contributed by atoms with E-state index in [-0.39, 0.29) is 0 Å². The van der Waals surface area contributed by atoms with E-state index < -0.39 is 16.3 Å². The first kappa shape index (κ1) is 17.2. The van der Waals surface area contributed by atoms with Gasteiger partial charge in [-0.1, -0.05) is 60.7 Å². The molecule has 0 heterocycles. The van der Waals surface area contributed by atoms with Crippen molar-refractivity contribution in [3.63, 3.8) is 0 Å². The fraction of sp³-hybridized carbons (Fsp3) is 0.250. The molecule has 2 atom stereocenters. The average molecular weight is 338 g/mol. The van der Waals surface area contributed by atoms with Crippen LogP contribution in [-0.4, -0.2) is 12.8 Å². The number of benzene rings is 2. The van der Waals surface area contributed by atoms with Gasteiger partial charge in [-0.25, -0.2) is 0 Å². The number of hydrogen-bond acceptors (Lipinski definition) is 4. The first-order valence-corrected chi connectivity index (χ1v) is 9.94. The van der Waals surface area contributed by atoms with Gasteiger partial charge in [0.05, 0.1) is 6.61 Å². The zero-order chi connectivity index (χ0) is 15.6. The quantitative estimate of drug-likeness (QED) is 0.637. The average Bonchev–Trinajstić information content (AvgIpc) is 2.55. The van der Waals surface area contributed by atoms with E-state index in [1.165, 1.54) is 0 Å². The highest BCUT2D eigenvalue weighted by Gasteiger charge is 2.07. The van der Waals surface area contributed by atoms with Crippen LogP contribution < -0.4 is 0 Å². The van der Waals surface area contributed by atoms with Gasteiger partial charge in [0.25, 0.3) is 0 Å². The van der Waals surface area contributed by atoms with Crippen LogP contribution in [0.4, 0.5) is 0 Å². The largest absolute Gasteiger partial charge is 0.324 e. The van der Waals surface area contributed by atoms with Gasteiger partial charge in [0, 0.05) is 6.16 Å². The molecule has 4 nitrogen and oxygen atoms in total. The summed E-state index contributed by atoms with van der Waals surface area (Å²) in [6, 6.07) is 19.5. The molecule has 2 aromatic carbocycles. The Morgan fingerprint density at radius 3 is 1.91 bits per heavy atom. The summed E-state index contributed by atoms with van der Waals surface area (Å²) in [4.78, 5) is 0. The van der Waals surface area contributed by atoms with Gasteiger partial charge in [0.2, 0.25) is 0 Å². The summed E-state index contributed by atoms with van der Waals surface area (Å²) >= 11 is 0. The van der Waals surface area contributed by atoms with Gasteiger partial charge in [0.1, 0.15) is 0 Å². The third-order valence-electron chi connectivity index (χ3n) is 3.11. The van der Waals surface area contributed by atoms with Gasteiger partial charge in [-0.15, -0.1) is 0 Å². The molecule has 0 aromatic heterocycles. The second kappa shape index (κ2) is 9.76. The van der Waals surface area contributed by atoms with Crippen LogP contribution in [-0.2, 0) is 30.8 Å². The second-order valence-corrected chi connectivity index (χ2v) is 7.64. The smallest absolute Gasteiger partial charge is 0.310 e. The van der Waals surface area contributed by atoms with E-state index >= 15 is 0 Å². The molecule has 0 aliphatic carbocycles. The van der Waals surface area contributed by atoms with Crippen molar-refractivity contribution in [3.05, 3.63) is 71.8 Å². The van der Waals surface area contributed by atoms with E-state index in [2.05, 4.69) is 0 Å². The Balaban J connectivity index is 1.63. The molecule has 0 aliphatic rings. The summed E-state index contributed by atoms with van der Waals surface area (Å²) in [6.07, 6.45) is 1.69. The maximum Gasteiger partial charge on any atom is 0.324 e. The van der Waals surface area contributed by atoms with Gasteiger partial charge >= 0.3 is 8.25 Å². The Labute approximate surface area is 132 Å². The monoisotopic (exact) mass is 338 g/mol. The van der Waals surface area contributed by atoms with Crippen molar-refractivity contribution < 1.29 is 18.0 Å². The molecule has 6 heteroatoms. The lowest BCUT2D eigenvalue weighted by Gasteiger charge is -2.06. The van der Waals surface area contributed by atoms with Crippen molar-refractivity contribution in [2.45, 2.75) is 12.8 Å². The number of hydrogen-bond donors (Lipinski definition) is 0.